The quantitative estimate of drug-likeness (QED) is 0.0273. The van der Waals surface area contributed by atoms with E-state index in [-0.39, 0.29) is 6.42 Å². The summed E-state index contributed by atoms with van der Waals surface area (Å²) in [5, 5.41) is 75.7. The molecule has 8 N–H and O–H groups in total. The van der Waals surface area contributed by atoms with E-state index in [1.165, 1.54) is 205 Å². The highest BCUT2D eigenvalue weighted by molar-refractivity contribution is 5.80. The molecule has 1 fully saturated rings. The van der Waals surface area contributed by atoms with Gasteiger partial charge < -0.3 is 50.5 Å². The summed E-state index contributed by atoms with van der Waals surface area (Å²) in [4.78, 5) is 13.0. The highest BCUT2D eigenvalue weighted by Gasteiger charge is 2.44. The van der Waals surface area contributed by atoms with Gasteiger partial charge in [0.15, 0.2) is 6.29 Å². The van der Waals surface area contributed by atoms with Crippen LogP contribution >= 0.6 is 0 Å². The molecule has 9 unspecified atom stereocenters. The standard InChI is InChI=1S/C56H111NO10/c1-3-5-7-9-11-13-14-15-16-17-18-19-20-21-22-23-24-25-26-27-28-29-30-31-32-33-34-35-36-38-39-41-43-48(59)51(61)47(46-66-56-54(64)53(63)52(62)50(45-58)67-56)57-55(65)49(60)44-42-40-37-12-10-8-6-4-2/h47-54,56,58-64H,3-46H2,1-2H3,(H,57,65). The Morgan fingerprint density at radius 3 is 1.10 bits per heavy atom. The van der Waals surface area contributed by atoms with Crippen molar-refractivity contribution in [3.63, 3.8) is 0 Å². The van der Waals surface area contributed by atoms with Crippen molar-refractivity contribution in [2.24, 2.45) is 0 Å². The number of hydrogen-bond acceptors (Lipinski definition) is 10. The lowest BCUT2D eigenvalue weighted by Gasteiger charge is -2.40. The maximum Gasteiger partial charge on any atom is 0.249 e. The molecule has 0 bridgehead atoms. The molecule has 11 heteroatoms. The number of unbranched alkanes of at least 4 members (excludes halogenated alkanes) is 38. The normalized spacial score (nSPS) is 20.5. The first-order chi connectivity index (χ1) is 32.7. The van der Waals surface area contributed by atoms with Gasteiger partial charge in [0.25, 0.3) is 0 Å². The Labute approximate surface area is 411 Å². The van der Waals surface area contributed by atoms with Gasteiger partial charge >= 0.3 is 0 Å². The third kappa shape index (κ3) is 35.0. The number of ether oxygens (including phenoxy) is 2. The van der Waals surface area contributed by atoms with Crippen LogP contribution in [0.3, 0.4) is 0 Å². The molecule has 0 aromatic rings. The van der Waals surface area contributed by atoms with E-state index in [2.05, 4.69) is 19.2 Å². The van der Waals surface area contributed by atoms with Crippen molar-refractivity contribution in [1.82, 2.24) is 5.32 Å². The molecule has 0 aliphatic carbocycles. The lowest BCUT2D eigenvalue weighted by molar-refractivity contribution is -0.303. The SMILES string of the molecule is CCCCCCCCCCCCCCCCCCCCCCCCCCCCCCCCCCC(O)C(O)C(COC1OC(CO)C(O)C(O)C1O)NC(=O)C(O)CCCCCCCCCC. The minimum atomic E-state index is -1.66. The van der Waals surface area contributed by atoms with Crippen molar-refractivity contribution >= 4 is 5.91 Å². The summed E-state index contributed by atoms with van der Waals surface area (Å²) in [6.07, 6.45) is 40.7. The third-order valence-electron chi connectivity index (χ3n) is 14.4. The van der Waals surface area contributed by atoms with Crippen LogP contribution in [0.25, 0.3) is 0 Å². The van der Waals surface area contributed by atoms with E-state index in [1.807, 2.05) is 0 Å². The smallest absolute Gasteiger partial charge is 0.249 e. The van der Waals surface area contributed by atoms with Crippen LogP contribution < -0.4 is 5.32 Å². The van der Waals surface area contributed by atoms with Gasteiger partial charge in [-0.15, -0.1) is 0 Å². The maximum atomic E-state index is 13.0. The lowest BCUT2D eigenvalue weighted by atomic mass is 9.98. The molecule has 9 atom stereocenters. The first kappa shape index (κ1) is 64.1. The Kier molecular flexibility index (Phi) is 44.2. The Morgan fingerprint density at radius 2 is 0.776 bits per heavy atom. The number of aliphatic hydroxyl groups excluding tert-OH is 7. The predicted octanol–water partition coefficient (Wildman–Crippen LogP) is 11.8. The zero-order chi connectivity index (χ0) is 49.0. The van der Waals surface area contributed by atoms with Gasteiger partial charge in [0.05, 0.1) is 25.4 Å². The first-order valence-electron chi connectivity index (χ1n) is 28.9. The fraction of sp³-hybridized carbons (Fsp3) is 0.982. The molecule has 0 aromatic heterocycles. The Morgan fingerprint density at radius 1 is 0.463 bits per heavy atom. The van der Waals surface area contributed by atoms with Crippen LogP contribution in [0.2, 0.25) is 0 Å². The number of carbonyl (C=O) groups is 1. The van der Waals surface area contributed by atoms with Crippen LogP contribution in [-0.4, -0.2) is 110 Å². The van der Waals surface area contributed by atoms with Crippen molar-refractivity contribution in [1.29, 1.82) is 0 Å². The molecule has 1 rings (SSSR count). The summed E-state index contributed by atoms with van der Waals surface area (Å²) in [6, 6.07) is -1.16. The van der Waals surface area contributed by atoms with E-state index in [1.54, 1.807) is 0 Å². The van der Waals surface area contributed by atoms with Gasteiger partial charge in [0, 0.05) is 0 Å². The highest BCUT2D eigenvalue weighted by atomic mass is 16.7. The highest BCUT2D eigenvalue weighted by Crippen LogP contribution is 2.24. The molecular formula is C56H111NO10. The molecule has 1 aliphatic heterocycles. The van der Waals surface area contributed by atoms with E-state index in [0.717, 1.165) is 38.5 Å². The van der Waals surface area contributed by atoms with Crippen LogP contribution in [0, 0.1) is 0 Å². The Bertz CT molecular complexity index is 1050. The van der Waals surface area contributed by atoms with E-state index in [9.17, 15) is 40.5 Å². The first-order valence-corrected chi connectivity index (χ1v) is 28.9. The van der Waals surface area contributed by atoms with Crippen molar-refractivity contribution in [2.75, 3.05) is 13.2 Å². The summed E-state index contributed by atoms with van der Waals surface area (Å²) in [5.41, 5.74) is 0. The van der Waals surface area contributed by atoms with Crippen molar-refractivity contribution in [2.45, 2.75) is 339 Å². The molecule has 0 saturated carbocycles. The topological polar surface area (TPSA) is 189 Å². The van der Waals surface area contributed by atoms with Gasteiger partial charge in [-0.2, -0.15) is 0 Å². The van der Waals surface area contributed by atoms with Crippen molar-refractivity contribution in [3.8, 4) is 0 Å². The summed E-state index contributed by atoms with van der Waals surface area (Å²) >= 11 is 0. The lowest BCUT2D eigenvalue weighted by Crippen LogP contribution is -2.60. The average molecular weight is 959 g/mol. The number of aliphatic hydroxyl groups is 7. The van der Waals surface area contributed by atoms with Gasteiger partial charge in [-0.25, -0.2) is 0 Å². The molecule has 1 saturated heterocycles. The number of nitrogens with one attached hydrogen (secondary N) is 1. The van der Waals surface area contributed by atoms with Gasteiger partial charge in [0.1, 0.15) is 36.6 Å². The number of rotatable bonds is 50. The molecule has 1 amide bonds. The molecule has 1 heterocycles. The fourth-order valence-electron chi connectivity index (χ4n) is 9.68. The van der Waals surface area contributed by atoms with Crippen LogP contribution in [0.4, 0.5) is 0 Å². The Hall–Kier alpha value is -0.890. The van der Waals surface area contributed by atoms with E-state index >= 15 is 0 Å². The summed E-state index contributed by atoms with van der Waals surface area (Å²) in [7, 11) is 0. The summed E-state index contributed by atoms with van der Waals surface area (Å²) in [5.74, 6) is -0.697. The summed E-state index contributed by atoms with van der Waals surface area (Å²) < 4.78 is 11.1. The van der Waals surface area contributed by atoms with Gasteiger partial charge in [-0.3, -0.25) is 4.79 Å². The zero-order valence-electron chi connectivity index (χ0n) is 43.7. The van der Waals surface area contributed by atoms with Crippen LogP contribution in [0.5, 0.6) is 0 Å². The van der Waals surface area contributed by atoms with Crippen molar-refractivity contribution in [3.05, 3.63) is 0 Å². The minimum absolute atomic E-state index is 0.263. The predicted molar refractivity (Wildman–Crippen MR) is 275 cm³/mol. The second-order valence-corrected chi connectivity index (χ2v) is 20.7. The van der Waals surface area contributed by atoms with E-state index < -0.39 is 74.2 Å². The summed E-state index contributed by atoms with van der Waals surface area (Å²) in [6.45, 7) is 3.43. The minimum Gasteiger partial charge on any atom is -0.394 e. The third-order valence-corrected chi connectivity index (χ3v) is 14.4. The van der Waals surface area contributed by atoms with Gasteiger partial charge in [0.2, 0.25) is 5.91 Å². The maximum absolute atomic E-state index is 13.0. The number of carbonyl (C=O) groups excluding carboxylic acids is 1. The second kappa shape index (κ2) is 46.2. The van der Waals surface area contributed by atoms with Crippen molar-refractivity contribution < 1.29 is 50.0 Å². The van der Waals surface area contributed by atoms with Crippen LogP contribution in [0.1, 0.15) is 284 Å². The Balaban J connectivity index is 2.13. The molecule has 67 heavy (non-hydrogen) atoms. The largest absolute Gasteiger partial charge is 0.394 e. The van der Waals surface area contributed by atoms with Crippen LogP contribution in [-0.2, 0) is 14.3 Å². The molecular weight excluding hydrogens is 847 g/mol. The van der Waals surface area contributed by atoms with E-state index in [0.29, 0.717) is 19.3 Å². The van der Waals surface area contributed by atoms with E-state index in [4.69, 9.17) is 9.47 Å². The van der Waals surface area contributed by atoms with Gasteiger partial charge in [-0.1, -0.05) is 271 Å². The number of amides is 1. The molecule has 400 valence electrons. The molecule has 0 aromatic carbocycles. The fourth-order valence-corrected chi connectivity index (χ4v) is 9.68. The molecule has 1 aliphatic rings. The van der Waals surface area contributed by atoms with Crippen LogP contribution in [0.15, 0.2) is 0 Å². The second-order valence-electron chi connectivity index (χ2n) is 20.7. The zero-order valence-corrected chi connectivity index (χ0v) is 43.7. The molecule has 0 spiro atoms. The molecule has 0 radical (unpaired) electrons. The monoisotopic (exact) mass is 958 g/mol. The average Bonchev–Trinajstić information content (AvgIpc) is 3.33. The van der Waals surface area contributed by atoms with Gasteiger partial charge in [-0.05, 0) is 12.8 Å². The number of hydrogen-bond donors (Lipinski definition) is 8. The molecule has 11 nitrogen and oxygen atoms in total.